The first-order valence-corrected chi connectivity index (χ1v) is 9.96. The van der Waals surface area contributed by atoms with Crippen molar-refractivity contribution in [2.24, 2.45) is 0 Å². The molecule has 0 aliphatic heterocycles. The number of nitrogens with one attached hydrogen (secondary N) is 2. The van der Waals surface area contributed by atoms with Crippen LogP contribution in [-0.2, 0) is 6.54 Å². The van der Waals surface area contributed by atoms with Crippen molar-refractivity contribution in [3.63, 3.8) is 0 Å². The van der Waals surface area contributed by atoms with Crippen LogP contribution in [0.1, 0.15) is 11.3 Å². The number of nitrogens with zero attached hydrogens (tertiary/aromatic N) is 6. The Balaban J connectivity index is 1.37. The SMILES string of the molecule is Cc1[nH]ncc1-c1cnc2[nH]cc(-c3cnn(Cc4cccc5cccnc45)c3)c2n1. The Labute approximate surface area is 177 Å². The predicted molar refractivity (Wildman–Crippen MR) is 118 cm³/mol. The van der Waals surface area contributed by atoms with Crippen LogP contribution in [0.15, 0.2) is 67.5 Å². The first kappa shape index (κ1) is 17.5. The first-order valence-electron chi connectivity index (χ1n) is 9.96. The van der Waals surface area contributed by atoms with Crippen LogP contribution in [0.25, 0.3) is 44.5 Å². The van der Waals surface area contributed by atoms with Crippen LogP contribution < -0.4 is 0 Å². The summed E-state index contributed by atoms with van der Waals surface area (Å²) in [5.74, 6) is 0. The topological polar surface area (TPSA) is 101 Å². The summed E-state index contributed by atoms with van der Waals surface area (Å²) in [6, 6.07) is 10.2. The third-order valence-electron chi connectivity index (χ3n) is 5.48. The molecule has 0 amide bonds. The van der Waals surface area contributed by atoms with Crippen molar-refractivity contribution in [3.8, 4) is 22.4 Å². The summed E-state index contributed by atoms with van der Waals surface area (Å²) in [5.41, 5.74) is 8.32. The highest BCUT2D eigenvalue weighted by molar-refractivity contribution is 5.91. The van der Waals surface area contributed by atoms with Gasteiger partial charge in [0.2, 0.25) is 0 Å². The van der Waals surface area contributed by atoms with Gasteiger partial charge >= 0.3 is 0 Å². The second kappa shape index (κ2) is 6.88. The summed E-state index contributed by atoms with van der Waals surface area (Å²) in [6.45, 7) is 2.61. The summed E-state index contributed by atoms with van der Waals surface area (Å²) in [4.78, 5) is 17.1. The fourth-order valence-corrected chi connectivity index (χ4v) is 3.91. The largest absolute Gasteiger partial charge is 0.344 e. The van der Waals surface area contributed by atoms with E-state index in [1.807, 2.05) is 42.5 Å². The number of aryl methyl sites for hydroxylation is 1. The average Bonchev–Trinajstić information content (AvgIpc) is 3.53. The molecule has 0 spiro atoms. The Morgan fingerprint density at radius 1 is 0.968 bits per heavy atom. The molecule has 31 heavy (non-hydrogen) atoms. The highest BCUT2D eigenvalue weighted by Crippen LogP contribution is 2.29. The minimum absolute atomic E-state index is 0.641. The van der Waals surface area contributed by atoms with E-state index in [1.165, 1.54) is 0 Å². The van der Waals surface area contributed by atoms with Crippen molar-refractivity contribution in [1.29, 1.82) is 0 Å². The zero-order valence-corrected chi connectivity index (χ0v) is 16.7. The summed E-state index contributed by atoms with van der Waals surface area (Å²) in [7, 11) is 0. The maximum atomic E-state index is 4.85. The van der Waals surface area contributed by atoms with Crippen molar-refractivity contribution in [3.05, 3.63) is 78.8 Å². The molecule has 5 aromatic heterocycles. The molecule has 8 nitrogen and oxygen atoms in total. The minimum Gasteiger partial charge on any atom is -0.344 e. The number of benzene rings is 1. The summed E-state index contributed by atoms with van der Waals surface area (Å²) in [5, 5.41) is 12.7. The number of rotatable bonds is 4. The molecule has 6 aromatic rings. The predicted octanol–water partition coefficient (Wildman–Crippen LogP) is 4.12. The molecular weight excluding hydrogens is 388 g/mol. The summed E-state index contributed by atoms with van der Waals surface area (Å²) < 4.78 is 1.93. The van der Waals surface area contributed by atoms with E-state index in [9.17, 15) is 0 Å². The zero-order chi connectivity index (χ0) is 20.8. The molecule has 0 radical (unpaired) electrons. The van der Waals surface area contributed by atoms with Crippen LogP contribution in [0.5, 0.6) is 0 Å². The molecule has 0 saturated carbocycles. The van der Waals surface area contributed by atoms with Crippen molar-refractivity contribution < 1.29 is 0 Å². The smallest absolute Gasteiger partial charge is 0.156 e. The van der Waals surface area contributed by atoms with Gasteiger partial charge in [-0.15, -0.1) is 0 Å². The highest BCUT2D eigenvalue weighted by atomic mass is 15.3. The number of H-pyrrole nitrogens is 2. The van der Waals surface area contributed by atoms with Crippen LogP contribution in [0.2, 0.25) is 0 Å². The van der Waals surface area contributed by atoms with Crippen molar-refractivity contribution in [1.82, 2.24) is 39.9 Å². The van der Waals surface area contributed by atoms with Crippen LogP contribution in [0.4, 0.5) is 0 Å². The van der Waals surface area contributed by atoms with Crippen LogP contribution >= 0.6 is 0 Å². The third-order valence-corrected chi connectivity index (χ3v) is 5.48. The molecule has 1 aromatic carbocycles. The molecule has 150 valence electrons. The van der Waals surface area contributed by atoms with Crippen LogP contribution in [0, 0.1) is 6.92 Å². The van der Waals surface area contributed by atoms with Gasteiger partial charge in [-0.05, 0) is 18.6 Å². The van der Waals surface area contributed by atoms with Gasteiger partial charge in [0.05, 0.1) is 36.3 Å². The van der Waals surface area contributed by atoms with E-state index < -0.39 is 0 Å². The number of aromatic amines is 2. The number of hydrogen-bond donors (Lipinski definition) is 2. The molecule has 5 heterocycles. The van der Waals surface area contributed by atoms with E-state index in [4.69, 9.17) is 4.98 Å². The molecule has 0 aliphatic rings. The summed E-state index contributed by atoms with van der Waals surface area (Å²) >= 11 is 0. The van der Waals surface area contributed by atoms with Gasteiger partial charge in [0.1, 0.15) is 5.52 Å². The van der Waals surface area contributed by atoms with Gasteiger partial charge in [-0.3, -0.25) is 14.8 Å². The number of pyridine rings is 1. The van der Waals surface area contributed by atoms with Crippen molar-refractivity contribution >= 4 is 22.1 Å². The van der Waals surface area contributed by atoms with Crippen molar-refractivity contribution in [2.45, 2.75) is 13.5 Å². The van der Waals surface area contributed by atoms with Gasteiger partial charge in [-0.25, -0.2) is 9.97 Å². The lowest BCUT2D eigenvalue weighted by Gasteiger charge is -2.05. The lowest BCUT2D eigenvalue weighted by atomic mass is 10.1. The van der Waals surface area contributed by atoms with Gasteiger partial charge in [0, 0.05) is 46.4 Å². The Morgan fingerprint density at radius 2 is 1.90 bits per heavy atom. The van der Waals surface area contributed by atoms with Gasteiger partial charge < -0.3 is 4.98 Å². The van der Waals surface area contributed by atoms with E-state index in [1.54, 1.807) is 12.4 Å². The average molecular weight is 406 g/mol. The standard InChI is InChI=1S/C23H18N8/c1-14-18(10-27-30-14)20-11-26-23-22(29-20)19(9-25-23)17-8-28-31(13-17)12-16-5-2-4-15-6-3-7-24-21(15)16/h2-11,13H,12H2,1H3,(H,25,26)(H,27,30). The minimum atomic E-state index is 0.641. The molecular formula is C23H18N8. The Morgan fingerprint density at radius 3 is 2.81 bits per heavy atom. The molecule has 0 atom stereocenters. The maximum absolute atomic E-state index is 4.85. The molecule has 0 unspecified atom stereocenters. The molecule has 0 aliphatic carbocycles. The Hall–Kier alpha value is -4.33. The molecule has 0 bridgehead atoms. The fourth-order valence-electron chi connectivity index (χ4n) is 3.91. The van der Waals surface area contributed by atoms with E-state index >= 15 is 0 Å². The fraction of sp³-hybridized carbons (Fsp3) is 0.0870. The van der Waals surface area contributed by atoms with Crippen LogP contribution in [-0.4, -0.2) is 39.9 Å². The molecule has 0 saturated heterocycles. The van der Waals surface area contributed by atoms with Gasteiger partial charge in [-0.2, -0.15) is 10.2 Å². The van der Waals surface area contributed by atoms with E-state index in [0.29, 0.717) is 6.54 Å². The number of para-hydroxylation sites is 1. The summed E-state index contributed by atoms with van der Waals surface area (Å²) in [6.07, 6.45) is 11.2. The second-order valence-corrected chi connectivity index (χ2v) is 7.48. The van der Waals surface area contributed by atoms with Crippen molar-refractivity contribution in [2.75, 3.05) is 0 Å². The second-order valence-electron chi connectivity index (χ2n) is 7.48. The van der Waals surface area contributed by atoms with E-state index in [2.05, 4.69) is 54.5 Å². The molecule has 2 N–H and O–H groups in total. The molecule has 0 fully saturated rings. The van der Waals surface area contributed by atoms with E-state index in [-0.39, 0.29) is 0 Å². The quantitative estimate of drug-likeness (QED) is 0.459. The third kappa shape index (κ3) is 2.96. The number of hydrogen-bond acceptors (Lipinski definition) is 5. The lowest BCUT2D eigenvalue weighted by molar-refractivity contribution is 0.689. The van der Waals surface area contributed by atoms with Gasteiger partial charge in [0.25, 0.3) is 0 Å². The van der Waals surface area contributed by atoms with Gasteiger partial charge in [0.15, 0.2) is 5.65 Å². The zero-order valence-electron chi connectivity index (χ0n) is 16.7. The normalized spacial score (nSPS) is 11.5. The maximum Gasteiger partial charge on any atom is 0.156 e. The Bertz CT molecular complexity index is 1530. The molecule has 6 rings (SSSR count). The van der Waals surface area contributed by atoms with E-state index in [0.717, 1.165) is 55.7 Å². The number of aromatic nitrogens is 8. The van der Waals surface area contributed by atoms with Crippen LogP contribution in [0.3, 0.4) is 0 Å². The Kier molecular flexibility index (Phi) is 3.89. The monoisotopic (exact) mass is 406 g/mol. The number of fused-ring (bicyclic) bond motifs is 2. The highest BCUT2D eigenvalue weighted by Gasteiger charge is 2.14. The van der Waals surface area contributed by atoms with Gasteiger partial charge in [-0.1, -0.05) is 24.3 Å². The molecule has 8 heteroatoms. The lowest BCUT2D eigenvalue weighted by Crippen LogP contribution is -2.01. The first-order chi connectivity index (χ1) is 15.3.